The number of likely N-dealkylation sites (tertiary alicyclic amines) is 1. The molecule has 1 saturated heterocycles. The Hall–Kier alpha value is -2.54. The molecule has 0 bridgehead atoms. The van der Waals surface area contributed by atoms with Gasteiger partial charge in [0.1, 0.15) is 17.7 Å². The number of benzene rings is 2. The molecule has 0 aromatic heterocycles. The Labute approximate surface area is 149 Å². The third-order valence-corrected chi connectivity index (χ3v) is 4.35. The van der Waals surface area contributed by atoms with Crippen molar-refractivity contribution in [3.8, 4) is 5.75 Å². The van der Waals surface area contributed by atoms with Gasteiger partial charge >= 0.3 is 0 Å². The van der Waals surface area contributed by atoms with Crippen LogP contribution in [-0.4, -0.2) is 37.0 Å². The summed E-state index contributed by atoms with van der Waals surface area (Å²) in [6.45, 7) is 1.82. The fraction of sp³-hybridized carbons (Fsp3) is 0.316. The summed E-state index contributed by atoms with van der Waals surface area (Å²) >= 11 is 0. The van der Waals surface area contributed by atoms with Crippen molar-refractivity contribution in [1.82, 2.24) is 4.90 Å². The average molecular weight is 364 g/mol. The standard InChI is InChI=1S/C19H19F3N2O2/c1-24-9-7-12(8-10-24)26-13-5-6-15(20)17(11-13)23-19(25)14-3-2-4-16(21)18(14)22/h2-6,11-12H,7-10H2,1H3,(H,23,25). The molecule has 0 aliphatic carbocycles. The highest BCUT2D eigenvalue weighted by Gasteiger charge is 2.20. The molecule has 0 unspecified atom stereocenters. The van der Waals surface area contributed by atoms with Gasteiger partial charge < -0.3 is 15.0 Å². The number of rotatable bonds is 4. The number of piperidine rings is 1. The third-order valence-electron chi connectivity index (χ3n) is 4.35. The van der Waals surface area contributed by atoms with E-state index in [0.717, 1.165) is 38.1 Å². The molecule has 3 rings (SSSR count). The minimum Gasteiger partial charge on any atom is -0.490 e. The van der Waals surface area contributed by atoms with E-state index in [1.165, 1.54) is 24.3 Å². The summed E-state index contributed by atoms with van der Waals surface area (Å²) in [5.41, 5.74) is -0.643. The van der Waals surface area contributed by atoms with E-state index in [2.05, 4.69) is 10.2 Å². The Bertz CT molecular complexity index is 805. The Morgan fingerprint density at radius 3 is 2.58 bits per heavy atom. The van der Waals surface area contributed by atoms with E-state index in [1.807, 2.05) is 7.05 Å². The van der Waals surface area contributed by atoms with Gasteiger partial charge in [0, 0.05) is 19.2 Å². The van der Waals surface area contributed by atoms with Crippen molar-refractivity contribution in [2.45, 2.75) is 18.9 Å². The second-order valence-corrected chi connectivity index (χ2v) is 6.32. The van der Waals surface area contributed by atoms with Crippen molar-refractivity contribution in [3.05, 3.63) is 59.4 Å². The first-order valence-electron chi connectivity index (χ1n) is 8.34. The van der Waals surface area contributed by atoms with Crippen molar-refractivity contribution >= 4 is 11.6 Å². The maximum atomic E-state index is 14.0. The zero-order valence-corrected chi connectivity index (χ0v) is 14.3. The summed E-state index contributed by atoms with van der Waals surface area (Å²) in [6, 6.07) is 7.24. The second kappa shape index (κ2) is 7.78. The van der Waals surface area contributed by atoms with Gasteiger partial charge in [0.05, 0.1) is 11.3 Å². The smallest absolute Gasteiger partial charge is 0.258 e. The molecule has 2 aromatic carbocycles. The second-order valence-electron chi connectivity index (χ2n) is 6.32. The monoisotopic (exact) mass is 364 g/mol. The van der Waals surface area contributed by atoms with Crippen LogP contribution >= 0.6 is 0 Å². The van der Waals surface area contributed by atoms with Crippen LogP contribution in [0.3, 0.4) is 0 Å². The predicted octanol–water partition coefficient (Wildman–Crippen LogP) is 3.83. The highest BCUT2D eigenvalue weighted by atomic mass is 19.2. The number of nitrogens with one attached hydrogen (secondary N) is 1. The lowest BCUT2D eigenvalue weighted by atomic mass is 10.1. The summed E-state index contributed by atoms with van der Waals surface area (Å²) in [4.78, 5) is 14.3. The summed E-state index contributed by atoms with van der Waals surface area (Å²) in [5, 5.41) is 2.27. The molecule has 7 heteroatoms. The topological polar surface area (TPSA) is 41.6 Å². The largest absolute Gasteiger partial charge is 0.490 e. The normalized spacial score (nSPS) is 15.7. The molecule has 26 heavy (non-hydrogen) atoms. The fourth-order valence-electron chi connectivity index (χ4n) is 2.84. The van der Waals surface area contributed by atoms with Crippen LogP contribution in [0.5, 0.6) is 5.75 Å². The number of hydrogen-bond donors (Lipinski definition) is 1. The molecule has 2 aromatic rings. The summed E-state index contributed by atoms with van der Waals surface area (Å²) in [6.07, 6.45) is 1.72. The Balaban J connectivity index is 1.73. The quantitative estimate of drug-likeness (QED) is 0.897. The van der Waals surface area contributed by atoms with Crippen LogP contribution in [0.25, 0.3) is 0 Å². The summed E-state index contributed by atoms with van der Waals surface area (Å²) in [5.74, 6) is -3.62. The lowest BCUT2D eigenvalue weighted by Gasteiger charge is -2.29. The van der Waals surface area contributed by atoms with E-state index < -0.39 is 28.9 Å². The molecular weight excluding hydrogens is 345 g/mol. The average Bonchev–Trinajstić information content (AvgIpc) is 2.62. The minimum atomic E-state index is -1.27. The SMILES string of the molecule is CN1CCC(Oc2ccc(F)c(NC(=O)c3cccc(F)c3F)c2)CC1. The minimum absolute atomic E-state index is 0.0147. The van der Waals surface area contributed by atoms with Gasteiger partial charge in [-0.3, -0.25) is 4.79 Å². The summed E-state index contributed by atoms with van der Waals surface area (Å²) < 4.78 is 46.8. The Kier molecular flexibility index (Phi) is 5.46. The van der Waals surface area contributed by atoms with Gasteiger partial charge in [0.2, 0.25) is 0 Å². The van der Waals surface area contributed by atoms with E-state index >= 15 is 0 Å². The van der Waals surface area contributed by atoms with E-state index in [-0.39, 0.29) is 11.8 Å². The van der Waals surface area contributed by atoms with E-state index in [1.54, 1.807) is 0 Å². The molecule has 1 aliphatic heterocycles. The van der Waals surface area contributed by atoms with Crippen molar-refractivity contribution in [2.24, 2.45) is 0 Å². The highest BCUT2D eigenvalue weighted by Crippen LogP contribution is 2.25. The number of halogens is 3. The molecule has 1 N–H and O–H groups in total. The third kappa shape index (κ3) is 4.16. The molecule has 0 spiro atoms. The molecule has 0 radical (unpaired) electrons. The van der Waals surface area contributed by atoms with Gasteiger partial charge in [-0.2, -0.15) is 0 Å². The predicted molar refractivity (Wildman–Crippen MR) is 91.9 cm³/mol. The van der Waals surface area contributed by atoms with Crippen molar-refractivity contribution in [1.29, 1.82) is 0 Å². The first-order valence-corrected chi connectivity index (χ1v) is 8.34. The molecule has 1 fully saturated rings. The van der Waals surface area contributed by atoms with Gasteiger partial charge in [-0.1, -0.05) is 6.07 Å². The van der Waals surface area contributed by atoms with Crippen LogP contribution in [0.15, 0.2) is 36.4 Å². The number of carbonyl (C=O) groups is 1. The molecule has 0 atom stereocenters. The zero-order chi connectivity index (χ0) is 18.7. The number of nitrogens with zero attached hydrogens (tertiary/aromatic N) is 1. The molecule has 138 valence electrons. The van der Waals surface area contributed by atoms with Crippen LogP contribution in [0.4, 0.5) is 18.9 Å². The lowest BCUT2D eigenvalue weighted by Crippen LogP contribution is -2.35. The first kappa shape index (κ1) is 18.3. The number of carbonyl (C=O) groups excluding carboxylic acids is 1. The van der Waals surface area contributed by atoms with Gasteiger partial charge in [0.15, 0.2) is 11.6 Å². The lowest BCUT2D eigenvalue weighted by molar-refractivity contribution is 0.102. The van der Waals surface area contributed by atoms with Crippen LogP contribution in [0.2, 0.25) is 0 Å². The summed E-state index contributed by atoms with van der Waals surface area (Å²) in [7, 11) is 2.04. The van der Waals surface area contributed by atoms with Crippen LogP contribution in [-0.2, 0) is 0 Å². The number of ether oxygens (including phenoxy) is 1. The zero-order valence-electron chi connectivity index (χ0n) is 14.3. The number of anilines is 1. The van der Waals surface area contributed by atoms with E-state index in [9.17, 15) is 18.0 Å². The maximum absolute atomic E-state index is 14.0. The molecule has 4 nitrogen and oxygen atoms in total. The van der Waals surface area contributed by atoms with Crippen molar-refractivity contribution < 1.29 is 22.7 Å². The van der Waals surface area contributed by atoms with E-state index in [0.29, 0.717) is 5.75 Å². The maximum Gasteiger partial charge on any atom is 0.258 e. The fourth-order valence-corrected chi connectivity index (χ4v) is 2.84. The van der Waals surface area contributed by atoms with Crippen molar-refractivity contribution in [2.75, 3.05) is 25.5 Å². The number of hydrogen-bond acceptors (Lipinski definition) is 3. The Morgan fingerprint density at radius 1 is 1.12 bits per heavy atom. The molecule has 1 amide bonds. The van der Waals surface area contributed by atoms with E-state index in [4.69, 9.17) is 4.74 Å². The van der Waals surface area contributed by atoms with Gasteiger partial charge in [-0.05, 0) is 44.2 Å². The van der Waals surface area contributed by atoms with Gasteiger partial charge in [-0.15, -0.1) is 0 Å². The van der Waals surface area contributed by atoms with Gasteiger partial charge in [0.25, 0.3) is 5.91 Å². The van der Waals surface area contributed by atoms with Crippen LogP contribution in [0, 0.1) is 17.5 Å². The van der Waals surface area contributed by atoms with Crippen molar-refractivity contribution in [3.63, 3.8) is 0 Å². The number of amides is 1. The highest BCUT2D eigenvalue weighted by molar-refractivity contribution is 6.04. The molecule has 0 saturated carbocycles. The molecular formula is C19H19F3N2O2. The molecule has 1 aliphatic rings. The Morgan fingerprint density at radius 2 is 1.85 bits per heavy atom. The van der Waals surface area contributed by atoms with Crippen LogP contribution < -0.4 is 10.1 Å². The van der Waals surface area contributed by atoms with Gasteiger partial charge in [-0.25, -0.2) is 13.2 Å². The van der Waals surface area contributed by atoms with Crippen LogP contribution in [0.1, 0.15) is 23.2 Å². The first-order chi connectivity index (χ1) is 12.4. The molecule has 1 heterocycles.